The second kappa shape index (κ2) is 4.80. The minimum atomic E-state index is 0.231. The second-order valence-corrected chi connectivity index (χ2v) is 5.48. The molecule has 6 nitrogen and oxygen atoms in total. The van der Waals surface area contributed by atoms with Gasteiger partial charge in [-0.2, -0.15) is 20.4 Å². The molecule has 0 saturated heterocycles. The lowest BCUT2D eigenvalue weighted by molar-refractivity contribution is 0.339. The molecule has 1 aromatic carbocycles. The molecule has 1 atom stereocenters. The van der Waals surface area contributed by atoms with E-state index in [1.54, 1.807) is 0 Å². The Morgan fingerprint density at radius 1 is 1.14 bits per heavy atom. The zero-order chi connectivity index (χ0) is 14.2. The molecule has 0 bridgehead atoms. The highest BCUT2D eigenvalue weighted by atomic mass is 16.5. The summed E-state index contributed by atoms with van der Waals surface area (Å²) in [5.74, 6) is 1.57. The molecule has 0 aliphatic heterocycles. The van der Waals surface area contributed by atoms with Gasteiger partial charge in [0.05, 0.1) is 11.4 Å². The summed E-state index contributed by atoms with van der Waals surface area (Å²) in [5, 5.41) is 15.1. The van der Waals surface area contributed by atoms with Crippen LogP contribution in [0.25, 0.3) is 11.4 Å². The Morgan fingerprint density at radius 3 is 2.81 bits per heavy atom. The fraction of sp³-hybridized carbons (Fsp3) is 0.333. The van der Waals surface area contributed by atoms with Gasteiger partial charge in [0.2, 0.25) is 11.7 Å². The topological polar surface area (TPSA) is 80.5 Å². The number of H-pyrrole nitrogens is 1. The first-order valence-corrected chi connectivity index (χ1v) is 7.09. The molecule has 0 saturated carbocycles. The van der Waals surface area contributed by atoms with Gasteiger partial charge in [0.15, 0.2) is 0 Å². The normalized spacial score (nSPS) is 17.7. The summed E-state index contributed by atoms with van der Waals surface area (Å²) in [7, 11) is 0. The molecule has 21 heavy (non-hydrogen) atoms. The van der Waals surface area contributed by atoms with E-state index >= 15 is 0 Å². The first-order chi connectivity index (χ1) is 10.3. The molecule has 1 aliphatic carbocycles. The molecule has 4 rings (SSSR count). The fourth-order valence-electron chi connectivity index (χ4n) is 2.72. The maximum atomic E-state index is 5.46. The van der Waals surface area contributed by atoms with Crippen molar-refractivity contribution in [3.05, 3.63) is 47.1 Å². The Bertz CT molecular complexity index is 758. The lowest BCUT2D eigenvalue weighted by Gasteiger charge is -2.15. The van der Waals surface area contributed by atoms with Crippen LogP contribution in [0.2, 0.25) is 0 Å². The molecule has 0 fully saturated rings. The Kier molecular flexibility index (Phi) is 2.80. The molecule has 0 spiro atoms. The van der Waals surface area contributed by atoms with E-state index in [0.29, 0.717) is 11.7 Å². The Hall–Kier alpha value is -2.50. The highest BCUT2D eigenvalue weighted by Gasteiger charge is 2.27. The minimum Gasteiger partial charge on any atom is -0.339 e. The summed E-state index contributed by atoms with van der Waals surface area (Å²) in [6.45, 7) is 2.06. The van der Waals surface area contributed by atoms with E-state index in [0.717, 1.165) is 36.2 Å². The molecule has 0 radical (unpaired) electrons. The standard InChI is InChI=1S/C15H15N5O/c1-9-2-4-10(5-3-9)14-16-15(21-19-14)11-6-7-12-13(8-11)18-20-17-12/h2-5,11H,6-8H2,1H3,(H,17,18,20). The van der Waals surface area contributed by atoms with Crippen LogP contribution in [-0.4, -0.2) is 25.6 Å². The van der Waals surface area contributed by atoms with Gasteiger partial charge in [0.1, 0.15) is 0 Å². The lowest BCUT2D eigenvalue weighted by atomic mass is 9.90. The third-order valence-corrected chi connectivity index (χ3v) is 3.97. The van der Waals surface area contributed by atoms with Gasteiger partial charge in [-0.25, -0.2) is 0 Å². The van der Waals surface area contributed by atoms with Crippen molar-refractivity contribution in [1.29, 1.82) is 0 Å². The number of nitrogens with one attached hydrogen (secondary N) is 1. The van der Waals surface area contributed by atoms with Gasteiger partial charge in [-0.3, -0.25) is 0 Å². The molecule has 106 valence electrons. The average molecular weight is 281 g/mol. The number of nitrogens with zero attached hydrogens (tertiary/aromatic N) is 4. The maximum Gasteiger partial charge on any atom is 0.230 e. The van der Waals surface area contributed by atoms with Crippen LogP contribution in [0.15, 0.2) is 28.8 Å². The number of aromatic amines is 1. The number of hydrogen-bond acceptors (Lipinski definition) is 5. The van der Waals surface area contributed by atoms with Crippen LogP contribution >= 0.6 is 0 Å². The Balaban J connectivity index is 1.59. The van der Waals surface area contributed by atoms with Gasteiger partial charge in [-0.1, -0.05) is 35.0 Å². The van der Waals surface area contributed by atoms with Crippen molar-refractivity contribution in [3.63, 3.8) is 0 Å². The van der Waals surface area contributed by atoms with E-state index < -0.39 is 0 Å². The first-order valence-electron chi connectivity index (χ1n) is 7.09. The van der Waals surface area contributed by atoms with Gasteiger partial charge >= 0.3 is 0 Å². The van der Waals surface area contributed by atoms with Crippen LogP contribution in [0.4, 0.5) is 0 Å². The molecule has 0 amide bonds. The number of fused-ring (bicyclic) bond motifs is 1. The summed E-state index contributed by atoms with van der Waals surface area (Å²) in [4.78, 5) is 4.55. The molecule has 2 aromatic heterocycles. The van der Waals surface area contributed by atoms with Crippen molar-refractivity contribution in [2.75, 3.05) is 0 Å². The van der Waals surface area contributed by atoms with Crippen molar-refractivity contribution < 1.29 is 4.52 Å². The summed E-state index contributed by atoms with van der Waals surface area (Å²) < 4.78 is 5.46. The predicted octanol–water partition coefficient (Wildman–Crippen LogP) is 2.44. The molecule has 3 aromatic rings. The molecular formula is C15H15N5O. The van der Waals surface area contributed by atoms with Gasteiger partial charge in [0, 0.05) is 17.9 Å². The third kappa shape index (κ3) is 2.22. The van der Waals surface area contributed by atoms with Gasteiger partial charge in [0.25, 0.3) is 0 Å². The highest BCUT2D eigenvalue weighted by Crippen LogP contribution is 2.30. The molecular weight excluding hydrogens is 266 g/mol. The number of hydrogen-bond donors (Lipinski definition) is 1. The smallest absolute Gasteiger partial charge is 0.230 e. The Labute approximate surface area is 121 Å². The van der Waals surface area contributed by atoms with Crippen LogP contribution in [0.1, 0.15) is 35.2 Å². The second-order valence-electron chi connectivity index (χ2n) is 5.48. The summed E-state index contributed by atoms with van der Waals surface area (Å²) in [6.07, 6.45) is 2.68. The van der Waals surface area contributed by atoms with Crippen LogP contribution in [0.3, 0.4) is 0 Å². The fourth-order valence-corrected chi connectivity index (χ4v) is 2.72. The molecule has 1 aliphatic rings. The van der Waals surface area contributed by atoms with Gasteiger partial charge < -0.3 is 4.52 Å². The van der Waals surface area contributed by atoms with Crippen LogP contribution in [0, 0.1) is 6.92 Å². The average Bonchev–Trinajstić information content (AvgIpc) is 3.16. The SMILES string of the molecule is Cc1ccc(-c2noc(C3CCc4n[nH]nc4C3)n2)cc1. The number of aryl methyl sites for hydroxylation is 2. The third-order valence-electron chi connectivity index (χ3n) is 3.97. The van der Waals surface area contributed by atoms with Crippen molar-refractivity contribution in [2.24, 2.45) is 0 Å². The number of benzene rings is 1. The number of aromatic nitrogens is 5. The zero-order valence-electron chi connectivity index (χ0n) is 11.7. The van der Waals surface area contributed by atoms with E-state index in [9.17, 15) is 0 Å². The Morgan fingerprint density at radius 2 is 1.95 bits per heavy atom. The minimum absolute atomic E-state index is 0.231. The van der Waals surface area contributed by atoms with E-state index in [4.69, 9.17) is 4.52 Å². The van der Waals surface area contributed by atoms with Crippen molar-refractivity contribution in [3.8, 4) is 11.4 Å². The predicted molar refractivity (Wildman–Crippen MR) is 75.6 cm³/mol. The van der Waals surface area contributed by atoms with Crippen LogP contribution in [-0.2, 0) is 12.8 Å². The molecule has 1 N–H and O–H groups in total. The molecule has 2 heterocycles. The van der Waals surface area contributed by atoms with Crippen LogP contribution < -0.4 is 0 Å². The van der Waals surface area contributed by atoms with Crippen molar-refractivity contribution >= 4 is 0 Å². The van der Waals surface area contributed by atoms with Crippen LogP contribution in [0.5, 0.6) is 0 Å². The first kappa shape index (κ1) is 12.3. The monoisotopic (exact) mass is 281 g/mol. The van der Waals surface area contributed by atoms with Crippen molar-refractivity contribution in [1.82, 2.24) is 25.6 Å². The summed E-state index contributed by atoms with van der Waals surface area (Å²) in [6, 6.07) is 8.13. The largest absolute Gasteiger partial charge is 0.339 e. The maximum absolute atomic E-state index is 5.46. The van der Waals surface area contributed by atoms with Crippen molar-refractivity contribution in [2.45, 2.75) is 32.1 Å². The lowest BCUT2D eigenvalue weighted by Crippen LogP contribution is -2.13. The molecule has 6 heteroatoms. The van der Waals surface area contributed by atoms with Gasteiger partial charge in [-0.05, 0) is 19.8 Å². The highest BCUT2D eigenvalue weighted by molar-refractivity contribution is 5.54. The zero-order valence-corrected chi connectivity index (χ0v) is 11.7. The van der Waals surface area contributed by atoms with Gasteiger partial charge in [-0.15, -0.1) is 0 Å². The summed E-state index contributed by atoms with van der Waals surface area (Å²) >= 11 is 0. The molecule has 1 unspecified atom stereocenters. The number of rotatable bonds is 2. The van der Waals surface area contributed by atoms with E-state index in [-0.39, 0.29) is 5.92 Å². The quantitative estimate of drug-likeness (QED) is 0.780. The van der Waals surface area contributed by atoms with E-state index in [1.807, 2.05) is 24.3 Å². The van der Waals surface area contributed by atoms with E-state index in [2.05, 4.69) is 32.5 Å². The van der Waals surface area contributed by atoms with E-state index in [1.165, 1.54) is 5.56 Å². The summed E-state index contributed by atoms with van der Waals surface area (Å²) in [5.41, 5.74) is 4.27.